The van der Waals surface area contributed by atoms with Gasteiger partial charge >= 0.3 is 0 Å². The number of ketones is 1. The lowest BCUT2D eigenvalue weighted by Gasteiger charge is -2.11. The molecule has 0 radical (unpaired) electrons. The van der Waals surface area contributed by atoms with E-state index in [0.717, 1.165) is 6.42 Å². The van der Waals surface area contributed by atoms with Gasteiger partial charge in [-0.05, 0) is 25.7 Å². The Kier molecular flexibility index (Phi) is 13.3. The second kappa shape index (κ2) is 12.2. The van der Waals surface area contributed by atoms with E-state index in [-0.39, 0.29) is 28.5 Å². The lowest BCUT2D eigenvalue weighted by atomic mass is 9.98. The maximum Gasteiger partial charge on any atom is 0.152 e. The van der Waals surface area contributed by atoms with Crippen molar-refractivity contribution in [1.82, 2.24) is 0 Å². The van der Waals surface area contributed by atoms with Crippen molar-refractivity contribution in [1.29, 1.82) is 0 Å². The highest BCUT2D eigenvalue weighted by molar-refractivity contribution is 8.17. The third-order valence-corrected chi connectivity index (χ3v) is 5.58. The van der Waals surface area contributed by atoms with Crippen LogP contribution in [0.1, 0.15) is 41.0 Å². The van der Waals surface area contributed by atoms with E-state index in [2.05, 4.69) is 6.58 Å². The van der Waals surface area contributed by atoms with Crippen molar-refractivity contribution < 1.29 is 15.0 Å². The topological polar surface area (TPSA) is 57.5 Å². The summed E-state index contributed by atoms with van der Waals surface area (Å²) in [6.45, 7) is 12.8. The molecular formula is C15H28O3S2. The van der Waals surface area contributed by atoms with Crippen LogP contribution < -0.4 is 0 Å². The number of hydrogen-bond acceptors (Lipinski definition) is 5. The molecule has 0 amide bonds. The van der Waals surface area contributed by atoms with Gasteiger partial charge in [-0.1, -0.05) is 34.3 Å². The van der Waals surface area contributed by atoms with Gasteiger partial charge in [0.05, 0.1) is 9.83 Å². The van der Waals surface area contributed by atoms with E-state index in [1.165, 1.54) is 6.08 Å². The Balaban J connectivity index is 0. The lowest BCUT2D eigenvalue weighted by Crippen LogP contribution is -2.18. The van der Waals surface area contributed by atoms with Gasteiger partial charge in [0, 0.05) is 5.92 Å². The Morgan fingerprint density at radius 3 is 2.15 bits per heavy atom. The van der Waals surface area contributed by atoms with Crippen LogP contribution >= 0.6 is 23.5 Å². The van der Waals surface area contributed by atoms with E-state index in [0.29, 0.717) is 4.58 Å². The quantitative estimate of drug-likeness (QED) is 0.567. The highest BCUT2D eigenvalue weighted by atomic mass is 32.2. The fourth-order valence-corrected chi connectivity index (χ4v) is 4.13. The third kappa shape index (κ3) is 7.29. The first-order valence-corrected chi connectivity index (χ1v) is 9.16. The van der Waals surface area contributed by atoms with E-state index < -0.39 is 0 Å². The largest absolute Gasteiger partial charge is 0.505 e. The molecule has 0 spiro atoms. The SMILES string of the molecule is C=C(O)/C(O)=C\C1CC(SC)SC1C(C)=O.CC.CC. The number of aliphatic hydroxyl groups excluding tert-OH is 2. The number of hydrogen-bond donors (Lipinski definition) is 2. The smallest absolute Gasteiger partial charge is 0.152 e. The predicted molar refractivity (Wildman–Crippen MR) is 92.6 cm³/mol. The van der Waals surface area contributed by atoms with Crippen LogP contribution in [0.25, 0.3) is 0 Å². The maximum absolute atomic E-state index is 11.4. The molecule has 3 unspecified atom stereocenters. The van der Waals surface area contributed by atoms with Gasteiger partial charge in [-0.2, -0.15) is 11.8 Å². The van der Waals surface area contributed by atoms with E-state index in [4.69, 9.17) is 5.11 Å². The Morgan fingerprint density at radius 2 is 1.80 bits per heavy atom. The molecule has 20 heavy (non-hydrogen) atoms. The highest BCUT2D eigenvalue weighted by Crippen LogP contribution is 2.44. The zero-order chi connectivity index (χ0) is 16.3. The van der Waals surface area contributed by atoms with E-state index in [1.54, 1.807) is 30.4 Å². The molecule has 1 saturated heterocycles. The Bertz CT molecular complexity index is 327. The second-order valence-electron chi connectivity index (χ2n) is 3.73. The number of allylic oxidation sites excluding steroid dienone is 1. The lowest BCUT2D eigenvalue weighted by molar-refractivity contribution is -0.116. The molecule has 3 atom stereocenters. The monoisotopic (exact) mass is 320 g/mol. The predicted octanol–water partition coefficient (Wildman–Crippen LogP) is 4.95. The molecule has 1 rings (SSSR count). The summed E-state index contributed by atoms with van der Waals surface area (Å²) in [5.74, 6) is -0.485. The van der Waals surface area contributed by atoms with Crippen LogP contribution in [0.4, 0.5) is 0 Å². The van der Waals surface area contributed by atoms with Crippen LogP contribution in [-0.2, 0) is 4.79 Å². The maximum atomic E-state index is 11.4. The number of carbonyl (C=O) groups excluding carboxylic acids is 1. The normalized spacial score (nSPS) is 24.9. The summed E-state index contributed by atoms with van der Waals surface area (Å²) in [6.07, 6.45) is 4.37. The fraction of sp³-hybridized carbons (Fsp3) is 0.667. The van der Waals surface area contributed by atoms with Crippen LogP contribution in [0.15, 0.2) is 24.2 Å². The summed E-state index contributed by atoms with van der Waals surface area (Å²) in [5, 5.41) is 18.3. The minimum atomic E-state index is -0.347. The van der Waals surface area contributed by atoms with E-state index in [1.807, 2.05) is 34.0 Å². The molecule has 0 bridgehead atoms. The van der Waals surface area contributed by atoms with Crippen molar-refractivity contribution in [3.8, 4) is 0 Å². The van der Waals surface area contributed by atoms with Crippen LogP contribution in [0.3, 0.4) is 0 Å². The van der Waals surface area contributed by atoms with E-state index in [9.17, 15) is 9.90 Å². The highest BCUT2D eigenvalue weighted by Gasteiger charge is 2.36. The third-order valence-electron chi connectivity index (χ3n) is 2.48. The second-order valence-corrected chi connectivity index (χ2v) is 6.42. The summed E-state index contributed by atoms with van der Waals surface area (Å²) < 4.78 is 0.370. The van der Waals surface area contributed by atoms with Crippen molar-refractivity contribution in [2.75, 3.05) is 6.26 Å². The Hall–Kier alpha value is -0.550. The van der Waals surface area contributed by atoms with Crippen LogP contribution in [0.2, 0.25) is 0 Å². The summed E-state index contributed by atoms with van der Waals surface area (Å²) in [4.78, 5) is 11.4. The van der Waals surface area contributed by atoms with Crippen molar-refractivity contribution >= 4 is 29.3 Å². The average molecular weight is 321 g/mol. The number of Topliss-reactive ketones (excluding diaryl/α,β-unsaturated/α-hetero) is 1. The van der Waals surface area contributed by atoms with Crippen LogP contribution in [-0.4, -0.2) is 32.1 Å². The Labute approximate surface area is 131 Å². The minimum absolute atomic E-state index is 0.0242. The number of carbonyl (C=O) groups is 1. The first-order valence-electron chi connectivity index (χ1n) is 6.93. The molecule has 0 aromatic carbocycles. The number of thioether (sulfide) groups is 2. The van der Waals surface area contributed by atoms with Gasteiger partial charge in [-0.3, -0.25) is 4.79 Å². The fourth-order valence-electron chi connectivity index (χ4n) is 1.67. The molecule has 118 valence electrons. The van der Waals surface area contributed by atoms with E-state index >= 15 is 0 Å². The molecule has 0 aromatic rings. The van der Waals surface area contributed by atoms with Crippen LogP contribution in [0.5, 0.6) is 0 Å². The average Bonchev–Trinajstić information content (AvgIpc) is 2.86. The van der Waals surface area contributed by atoms with Gasteiger partial charge in [0.15, 0.2) is 5.76 Å². The van der Waals surface area contributed by atoms with Gasteiger partial charge in [-0.15, -0.1) is 11.8 Å². The summed E-state index contributed by atoms with van der Waals surface area (Å²) >= 11 is 3.33. The van der Waals surface area contributed by atoms with Gasteiger partial charge in [-0.25, -0.2) is 0 Å². The summed E-state index contributed by atoms with van der Waals surface area (Å²) in [5.41, 5.74) is 0. The molecule has 5 heteroatoms. The van der Waals surface area contributed by atoms with Gasteiger partial charge in [0.2, 0.25) is 0 Å². The van der Waals surface area contributed by atoms with Crippen molar-refractivity contribution in [2.45, 2.75) is 50.9 Å². The number of rotatable bonds is 4. The minimum Gasteiger partial charge on any atom is -0.505 e. The summed E-state index contributed by atoms with van der Waals surface area (Å²) in [6, 6.07) is 0. The zero-order valence-electron chi connectivity index (χ0n) is 13.3. The molecular weight excluding hydrogens is 292 g/mol. The molecule has 0 saturated carbocycles. The standard InChI is InChI=1S/C11H16O3S2.2C2H6/c1-6(12)9(14)4-8-5-10(15-3)16-11(8)7(2)13;2*1-2/h4,8,10-12,14H,1,5H2,2-3H3;2*1-2H3/b9-4+;;. The molecule has 1 fully saturated rings. The molecule has 1 aliphatic heterocycles. The Morgan fingerprint density at radius 1 is 1.30 bits per heavy atom. The molecule has 2 N–H and O–H groups in total. The zero-order valence-corrected chi connectivity index (χ0v) is 15.0. The van der Waals surface area contributed by atoms with Gasteiger partial charge in [0.1, 0.15) is 11.5 Å². The first kappa shape index (κ1) is 21.7. The number of aliphatic hydroxyl groups is 2. The van der Waals surface area contributed by atoms with Crippen molar-refractivity contribution in [3.63, 3.8) is 0 Å². The van der Waals surface area contributed by atoms with Crippen molar-refractivity contribution in [3.05, 3.63) is 24.2 Å². The molecule has 0 aliphatic carbocycles. The molecule has 1 aliphatic rings. The van der Waals surface area contributed by atoms with Crippen molar-refractivity contribution in [2.24, 2.45) is 5.92 Å². The van der Waals surface area contributed by atoms with Gasteiger partial charge < -0.3 is 10.2 Å². The van der Waals surface area contributed by atoms with Crippen LogP contribution in [0, 0.1) is 5.92 Å². The molecule has 1 heterocycles. The van der Waals surface area contributed by atoms with Gasteiger partial charge in [0.25, 0.3) is 0 Å². The molecule has 3 nitrogen and oxygen atoms in total. The summed E-state index contributed by atoms with van der Waals surface area (Å²) in [7, 11) is 0. The molecule has 0 aromatic heterocycles. The first-order chi connectivity index (χ1) is 9.45.